The van der Waals surface area contributed by atoms with Gasteiger partial charge < -0.3 is 21.1 Å². The molecule has 0 aliphatic heterocycles. The number of primary amides is 1. The zero-order chi connectivity index (χ0) is 24.5. The van der Waals surface area contributed by atoms with Gasteiger partial charge in [0, 0.05) is 12.5 Å². The van der Waals surface area contributed by atoms with Gasteiger partial charge in [-0.25, -0.2) is 4.79 Å². The molecule has 0 aliphatic carbocycles. The zero-order valence-electron chi connectivity index (χ0n) is 18.1. The molecule has 3 amide bonds. The molecule has 0 spiro atoms. The largest absolute Gasteiger partial charge is 0.445 e. The average Bonchev–Trinajstić information content (AvgIpc) is 2.76. The van der Waals surface area contributed by atoms with E-state index in [1.165, 1.54) is 6.07 Å². The predicted octanol–water partition coefficient (Wildman–Crippen LogP) is 2.20. The molecule has 2 rings (SSSR count). The topological polar surface area (TPSA) is 154 Å². The van der Waals surface area contributed by atoms with E-state index in [0.29, 0.717) is 0 Å². The number of nitrogens with zero attached hydrogens (tertiary/aromatic N) is 1. The predicted molar refractivity (Wildman–Crippen MR) is 116 cm³/mol. The van der Waals surface area contributed by atoms with Crippen molar-refractivity contribution < 1.29 is 28.4 Å². The molecule has 2 aromatic rings. The van der Waals surface area contributed by atoms with E-state index in [1.54, 1.807) is 38.1 Å². The van der Waals surface area contributed by atoms with Gasteiger partial charge in [0.1, 0.15) is 18.7 Å². The first-order valence-corrected chi connectivity index (χ1v) is 10.1. The van der Waals surface area contributed by atoms with Crippen molar-refractivity contribution in [2.45, 2.75) is 39.0 Å². The summed E-state index contributed by atoms with van der Waals surface area (Å²) in [6.07, 6.45) is -1.02. The monoisotopic (exact) mass is 460 g/mol. The SMILES string of the molecule is CC(C)[C@H](NC(=O)OCc1ccccc1)C(=O)N[C@H](Cc1ccc(F)c([N+](=O)[O-])c1)C(N)=O. The van der Waals surface area contributed by atoms with Gasteiger partial charge in [0.05, 0.1) is 4.92 Å². The van der Waals surface area contributed by atoms with Crippen LogP contribution in [0.5, 0.6) is 0 Å². The molecule has 11 heteroatoms. The van der Waals surface area contributed by atoms with Crippen LogP contribution < -0.4 is 16.4 Å². The summed E-state index contributed by atoms with van der Waals surface area (Å²) < 4.78 is 18.7. The van der Waals surface area contributed by atoms with E-state index >= 15 is 0 Å². The van der Waals surface area contributed by atoms with Gasteiger partial charge >= 0.3 is 11.8 Å². The molecule has 176 valence electrons. The molecule has 0 heterocycles. The smallest absolute Gasteiger partial charge is 0.408 e. The summed E-state index contributed by atoms with van der Waals surface area (Å²) in [6, 6.07) is 9.79. The van der Waals surface area contributed by atoms with E-state index in [2.05, 4.69) is 10.6 Å². The van der Waals surface area contributed by atoms with Gasteiger partial charge in [-0.15, -0.1) is 0 Å². The second kappa shape index (κ2) is 11.6. The highest BCUT2D eigenvalue weighted by atomic mass is 19.1. The first-order valence-electron chi connectivity index (χ1n) is 10.1. The number of ether oxygens (including phenoxy) is 1. The lowest BCUT2D eigenvalue weighted by Crippen LogP contribution is -2.55. The number of nitrogens with two attached hydrogens (primary N) is 1. The minimum absolute atomic E-state index is 0.00631. The third-order valence-corrected chi connectivity index (χ3v) is 4.74. The Hall–Kier alpha value is -4.02. The highest BCUT2D eigenvalue weighted by Gasteiger charge is 2.29. The van der Waals surface area contributed by atoms with Crippen LogP contribution in [0.15, 0.2) is 48.5 Å². The van der Waals surface area contributed by atoms with E-state index in [4.69, 9.17) is 10.5 Å². The van der Waals surface area contributed by atoms with Crippen molar-refractivity contribution in [1.29, 1.82) is 0 Å². The van der Waals surface area contributed by atoms with E-state index in [-0.39, 0.29) is 24.5 Å². The number of rotatable bonds is 10. The van der Waals surface area contributed by atoms with Crippen LogP contribution in [0.3, 0.4) is 0 Å². The number of nitro groups is 1. The van der Waals surface area contributed by atoms with Gasteiger partial charge in [0.2, 0.25) is 17.6 Å². The quantitative estimate of drug-likeness (QED) is 0.365. The van der Waals surface area contributed by atoms with Crippen molar-refractivity contribution in [3.8, 4) is 0 Å². The van der Waals surface area contributed by atoms with E-state index in [1.807, 2.05) is 6.07 Å². The van der Waals surface area contributed by atoms with Crippen LogP contribution >= 0.6 is 0 Å². The highest BCUT2D eigenvalue weighted by Crippen LogP contribution is 2.19. The van der Waals surface area contributed by atoms with Crippen LogP contribution in [0, 0.1) is 21.8 Å². The Morgan fingerprint density at radius 3 is 2.33 bits per heavy atom. The maximum absolute atomic E-state index is 13.6. The summed E-state index contributed by atoms with van der Waals surface area (Å²) in [4.78, 5) is 46.9. The normalized spacial score (nSPS) is 12.5. The Balaban J connectivity index is 2.05. The number of halogens is 1. The molecule has 0 aliphatic rings. The summed E-state index contributed by atoms with van der Waals surface area (Å²) in [6.45, 7) is 3.38. The fourth-order valence-corrected chi connectivity index (χ4v) is 2.97. The highest BCUT2D eigenvalue weighted by molar-refractivity contribution is 5.91. The Bertz CT molecular complexity index is 1020. The maximum atomic E-state index is 13.6. The lowest BCUT2D eigenvalue weighted by Gasteiger charge is -2.24. The van der Waals surface area contributed by atoms with Crippen molar-refractivity contribution in [2.75, 3.05) is 0 Å². The summed E-state index contributed by atoms with van der Waals surface area (Å²) >= 11 is 0. The first kappa shape index (κ1) is 25.2. The van der Waals surface area contributed by atoms with Gasteiger partial charge in [-0.2, -0.15) is 4.39 Å². The number of alkyl carbamates (subject to hydrolysis) is 1. The molecule has 33 heavy (non-hydrogen) atoms. The third kappa shape index (κ3) is 7.56. The molecule has 4 N–H and O–H groups in total. The number of hydrogen-bond acceptors (Lipinski definition) is 6. The lowest BCUT2D eigenvalue weighted by atomic mass is 10.0. The summed E-state index contributed by atoms with van der Waals surface area (Å²) in [5.74, 6) is -2.98. The molecule has 0 saturated heterocycles. The number of carbonyl (C=O) groups is 3. The molecule has 2 atom stereocenters. The number of benzene rings is 2. The fourth-order valence-electron chi connectivity index (χ4n) is 2.97. The minimum Gasteiger partial charge on any atom is -0.445 e. The molecule has 0 fully saturated rings. The third-order valence-electron chi connectivity index (χ3n) is 4.74. The van der Waals surface area contributed by atoms with Crippen LogP contribution in [0.1, 0.15) is 25.0 Å². The molecule has 0 radical (unpaired) electrons. The maximum Gasteiger partial charge on any atom is 0.408 e. The molecule has 2 aromatic carbocycles. The number of nitrogens with one attached hydrogen (secondary N) is 2. The van der Waals surface area contributed by atoms with Gasteiger partial charge in [0.15, 0.2) is 0 Å². The van der Waals surface area contributed by atoms with Crippen molar-refractivity contribution in [3.63, 3.8) is 0 Å². The summed E-state index contributed by atoms with van der Waals surface area (Å²) in [5.41, 5.74) is 5.61. The summed E-state index contributed by atoms with van der Waals surface area (Å²) in [5, 5.41) is 15.8. The van der Waals surface area contributed by atoms with Gasteiger partial charge in [-0.05, 0) is 23.1 Å². The Morgan fingerprint density at radius 2 is 1.76 bits per heavy atom. The van der Waals surface area contributed by atoms with Crippen molar-refractivity contribution in [3.05, 3.63) is 75.6 Å². The number of nitro benzene ring substituents is 1. The number of amides is 3. The molecule has 0 aromatic heterocycles. The Kier molecular flexibility index (Phi) is 8.84. The second-order valence-corrected chi connectivity index (χ2v) is 7.64. The molecule has 0 bridgehead atoms. The minimum atomic E-state index is -1.24. The van der Waals surface area contributed by atoms with E-state index < -0.39 is 46.4 Å². The van der Waals surface area contributed by atoms with Crippen LogP contribution in [0.2, 0.25) is 0 Å². The van der Waals surface area contributed by atoms with Crippen molar-refractivity contribution >= 4 is 23.6 Å². The van der Waals surface area contributed by atoms with Gasteiger partial charge in [0.25, 0.3) is 0 Å². The van der Waals surface area contributed by atoms with Crippen LogP contribution in [-0.2, 0) is 27.4 Å². The van der Waals surface area contributed by atoms with Crippen LogP contribution in [-0.4, -0.2) is 34.9 Å². The lowest BCUT2D eigenvalue weighted by molar-refractivity contribution is -0.387. The van der Waals surface area contributed by atoms with Crippen molar-refractivity contribution in [1.82, 2.24) is 10.6 Å². The fraction of sp³-hybridized carbons (Fsp3) is 0.318. The molecule has 0 unspecified atom stereocenters. The van der Waals surface area contributed by atoms with Gasteiger partial charge in [-0.1, -0.05) is 50.2 Å². The van der Waals surface area contributed by atoms with Crippen molar-refractivity contribution in [2.24, 2.45) is 11.7 Å². The summed E-state index contributed by atoms with van der Waals surface area (Å²) in [7, 11) is 0. The first-order chi connectivity index (χ1) is 15.6. The molecule has 10 nitrogen and oxygen atoms in total. The zero-order valence-corrected chi connectivity index (χ0v) is 18.1. The van der Waals surface area contributed by atoms with Crippen LogP contribution in [0.25, 0.3) is 0 Å². The van der Waals surface area contributed by atoms with Gasteiger partial charge in [-0.3, -0.25) is 19.7 Å². The Labute approximate surface area is 189 Å². The second-order valence-electron chi connectivity index (χ2n) is 7.64. The average molecular weight is 460 g/mol. The standard InChI is InChI=1S/C22H25FN4O6/c1-13(2)19(26-22(30)33-12-14-6-4-3-5-7-14)21(29)25-17(20(24)28)10-15-8-9-16(23)18(11-15)27(31)32/h3-9,11,13,17,19H,10,12H2,1-2H3,(H2,24,28)(H,25,29)(H,26,30)/t17-,19+/m1/s1. The Morgan fingerprint density at radius 1 is 1.09 bits per heavy atom. The van der Waals surface area contributed by atoms with Crippen LogP contribution in [0.4, 0.5) is 14.9 Å². The molecule has 0 saturated carbocycles. The van der Waals surface area contributed by atoms with E-state index in [0.717, 1.165) is 17.7 Å². The van der Waals surface area contributed by atoms with E-state index in [9.17, 15) is 28.9 Å². The number of carbonyl (C=O) groups excluding carboxylic acids is 3. The number of hydrogen-bond donors (Lipinski definition) is 3. The molecular formula is C22H25FN4O6. The molecular weight excluding hydrogens is 435 g/mol.